The van der Waals surface area contributed by atoms with E-state index in [9.17, 15) is 31.4 Å². The van der Waals surface area contributed by atoms with Crippen molar-refractivity contribution in [2.45, 2.75) is 50.6 Å². The molecule has 0 heterocycles. The number of aryl methyl sites for hydroxylation is 2. The molecular formula is C26H28F6O3. The minimum absolute atomic E-state index is 0.0324. The third kappa shape index (κ3) is 7.60. The Labute approximate surface area is 200 Å². The predicted octanol–water partition coefficient (Wildman–Crippen LogP) is 6.44. The largest absolute Gasteiger partial charge is 0.493 e. The van der Waals surface area contributed by atoms with Crippen LogP contribution < -0.4 is 4.74 Å². The van der Waals surface area contributed by atoms with E-state index in [0.717, 1.165) is 17.2 Å². The van der Waals surface area contributed by atoms with E-state index in [-0.39, 0.29) is 12.7 Å². The average Bonchev–Trinajstić information content (AvgIpc) is 2.80. The van der Waals surface area contributed by atoms with Crippen LogP contribution in [0.25, 0.3) is 5.57 Å². The quantitative estimate of drug-likeness (QED) is 0.211. The summed E-state index contributed by atoms with van der Waals surface area (Å²) in [6.45, 7) is 2.16. The van der Waals surface area contributed by atoms with Gasteiger partial charge in [-0.3, -0.25) is 0 Å². The lowest BCUT2D eigenvalue weighted by Gasteiger charge is -2.29. The number of ether oxygens (including phenoxy) is 1. The maximum absolute atomic E-state index is 12.9. The molecule has 0 unspecified atom stereocenters. The van der Waals surface area contributed by atoms with Crippen LogP contribution >= 0.6 is 0 Å². The molecule has 0 atom stereocenters. The molecule has 2 rings (SSSR count). The topological polar surface area (TPSA) is 49.7 Å². The van der Waals surface area contributed by atoms with Gasteiger partial charge in [0.15, 0.2) is 0 Å². The summed E-state index contributed by atoms with van der Waals surface area (Å²) in [4.78, 5) is 0. The van der Waals surface area contributed by atoms with E-state index in [0.29, 0.717) is 55.3 Å². The minimum Gasteiger partial charge on any atom is -0.493 e. The van der Waals surface area contributed by atoms with Crippen LogP contribution in [0, 0.1) is 0 Å². The van der Waals surface area contributed by atoms with Gasteiger partial charge in [0.2, 0.25) is 0 Å². The zero-order valence-electron chi connectivity index (χ0n) is 19.2. The van der Waals surface area contributed by atoms with E-state index in [1.54, 1.807) is 19.1 Å². The van der Waals surface area contributed by atoms with E-state index >= 15 is 0 Å². The van der Waals surface area contributed by atoms with Crippen LogP contribution in [-0.2, 0) is 12.8 Å². The van der Waals surface area contributed by atoms with Crippen LogP contribution in [0.5, 0.6) is 5.75 Å². The zero-order valence-corrected chi connectivity index (χ0v) is 19.2. The van der Waals surface area contributed by atoms with Crippen molar-refractivity contribution in [1.29, 1.82) is 0 Å². The van der Waals surface area contributed by atoms with E-state index < -0.39 is 18.0 Å². The molecule has 0 fully saturated rings. The van der Waals surface area contributed by atoms with Gasteiger partial charge < -0.3 is 14.9 Å². The average molecular weight is 502 g/mol. The van der Waals surface area contributed by atoms with Crippen molar-refractivity contribution in [2.24, 2.45) is 0 Å². The lowest BCUT2D eigenvalue weighted by Crippen LogP contribution is -2.55. The van der Waals surface area contributed by atoms with Crippen molar-refractivity contribution in [3.8, 4) is 5.75 Å². The highest BCUT2D eigenvalue weighted by molar-refractivity contribution is 5.69. The first-order valence-electron chi connectivity index (χ1n) is 11.1. The first kappa shape index (κ1) is 28.5. The van der Waals surface area contributed by atoms with Crippen molar-refractivity contribution in [2.75, 3.05) is 13.2 Å². The third-order valence-electron chi connectivity index (χ3n) is 5.40. The van der Waals surface area contributed by atoms with Gasteiger partial charge in [-0.25, -0.2) is 0 Å². The van der Waals surface area contributed by atoms with Crippen molar-refractivity contribution in [3.05, 3.63) is 83.4 Å². The summed E-state index contributed by atoms with van der Waals surface area (Å²) in [7, 11) is 0. The molecular weight excluding hydrogens is 474 g/mol. The summed E-state index contributed by atoms with van der Waals surface area (Å²) >= 11 is 0. The van der Waals surface area contributed by atoms with Crippen molar-refractivity contribution < 1.29 is 41.3 Å². The molecule has 0 saturated heterocycles. The molecule has 3 nitrogen and oxygen atoms in total. The molecule has 0 aliphatic rings. The number of hydrogen-bond acceptors (Lipinski definition) is 3. The molecule has 2 aromatic carbocycles. The summed E-state index contributed by atoms with van der Waals surface area (Å²) in [5, 5.41) is 18.2. The number of rotatable bonds is 11. The van der Waals surface area contributed by atoms with Crippen LogP contribution in [0.3, 0.4) is 0 Å². The fourth-order valence-electron chi connectivity index (χ4n) is 3.43. The Morgan fingerprint density at radius 2 is 1.63 bits per heavy atom. The molecule has 0 aliphatic carbocycles. The number of allylic oxidation sites excluding steroid dienone is 3. The van der Waals surface area contributed by atoms with E-state index in [2.05, 4.69) is 0 Å². The Morgan fingerprint density at radius 1 is 0.943 bits per heavy atom. The highest BCUT2D eigenvalue weighted by atomic mass is 19.4. The third-order valence-corrected chi connectivity index (χ3v) is 5.40. The molecule has 0 aliphatic heterocycles. The zero-order chi connectivity index (χ0) is 26.1. The molecule has 0 aromatic heterocycles. The smallest absolute Gasteiger partial charge is 0.430 e. The van der Waals surface area contributed by atoms with Gasteiger partial charge in [-0.2, -0.15) is 26.3 Å². The minimum atomic E-state index is -5.91. The van der Waals surface area contributed by atoms with Crippen LogP contribution in [0.1, 0.15) is 36.5 Å². The van der Waals surface area contributed by atoms with E-state index in [1.165, 1.54) is 0 Å². The number of benzene rings is 2. The number of hydrogen-bond donors (Lipinski definition) is 2. The second kappa shape index (κ2) is 12.3. The van der Waals surface area contributed by atoms with Gasteiger partial charge in [0.05, 0.1) is 6.61 Å². The molecule has 2 aromatic rings. The van der Waals surface area contributed by atoms with Gasteiger partial charge in [0.25, 0.3) is 5.60 Å². The molecule has 2 N–H and O–H groups in total. The highest BCUT2D eigenvalue weighted by Crippen LogP contribution is 2.44. The fraction of sp³-hybridized carbons (Fsp3) is 0.385. The maximum Gasteiger partial charge on any atom is 0.430 e. The number of halogens is 6. The molecule has 192 valence electrons. The molecule has 35 heavy (non-hydrogen) atoms. The van der Waals surface area contributed by atoms with Gasteiger partial charge in [-0.1, -0.05) is 55.5 Å². The summed E-state index contributed by atoms with van der Waals surface area (Å²) in [6.07, 6.45) is -8.25. The van der Waals surface area contributed by atoms with Gasteiger partial charge in [-0.15, -0.1) is 0 Å². The Hall–Kier alpha value is -2.78. The first-order valence-corrected chi connectivity index (χ1v) is 11.1. The van der Waals surface area contributed by atoms with Crippen LogP contribution in [0.15, 0.2) is 66.8 Å². The Morgan fingerprint density at radius 3 is 2.26 bits per heavy atom. The molecule has 0 amide bonds. The number of alkyl halides is 6. The van der Waals surface area contributed by atoms with Crippen LogP contribution in [0.2, 0.25) is 0 Å². The fourth-order valence-corrected chi connectivity index (χ4v) is 3.43. The monoisotopic (exact) mass is 502 g/mol. The Balaban J connectivity index is 2.24. The van der Waals surface area contributed by atoms with Crippen molar-refractivity contribution in [1.82, 2.24) is 0 Å². The van der Waals surface area contributed by atoms with Crippen molar-refractivity contribution >= 4 is 5.57 Å². The van der Waals surface area contributed by atoms with Crippen LogP contribution in [0.4, 0.5) is 26.3 Å². The Kier molecular flexibility index (Phi) is 9.97. The summed E-state index contributed by atoms with van der Waals surface area (Å²) in [6, 6.07) is 14.6. The molecule has 0 radical (unpaired) electrons. The molecule has 0 spiro atoms. The van der Waals surface area contributed by atoms with E-state index in [1.807, 2.05) is 36.4 Å². The normalized spacial score (nSPS) is 13.5. The van der Waals surface area contributed by atoms with Gasteiger partial charge in [0.1, 0.15) is 5.75 Å². The second-order valence-electron chi connectivity index (χ2n) is 7.90. The summed E-state index contributed by atoms with van der Waals surface area (Å²) in [5.41, 5.74) is -1.83. The second-order valence-corrected chi connectivity index (χ2v) is 7.90. The van der Waals surface area contributed by atoms with Gasteiger partial charge in [0, 0.05) is 13.0 Å². The van der Waals surface area contributed by atoms with Gasteiger partial charge >= 0.3 is 12.4 Å². The number of aliphatic hydroxyl groups excluding tert-OH is 1. The van der Waals surface area contributed by atoms with Crippen LogP contribution in [-0.4, -0.2) is 41.4 Å². The lowest BCUT2D eigenvalue weighted by molar-refractivity contribution is -0.347. The van der Waals surface area contributed by atoms with Gasteiger partial charge in [-0.05, 0) is 59.7 Å². The first-order chi connectivity index (χ1) is 16.4. The summed E-state index contributed by atoms with van der Waals surface area (Å²) in [5.74, 6) is 0.672. The summed E-state index contributed by atoms with van der Waals surface area (Å²) < 4.78 is 83.0. The van der Waals surface area contributed by atoms with Crippen molar-refractivity contribution in [3.63, 3.8) is 0 Å². The molecule has 9 heteroatoms. The number of aliphatic hydroxyl groups is 2. The SMILES string of the molecule is CC/C(=C\C=C\C(O)(C(F)(F)F)C(F)(F)F)c1ccccc1CCc1cccc(OCCCO)c1. The lowest BCUT2D eigenvalue weighted by atomic mass is 9.93. The Bertz CT molecular complexity index is 995. The molecule has 0 bridgehead atoms. The predicted molar refractivity (Wildman–Crippen MR) is 122 cm³/mol. The standard InChI is InChI=1S/C26H28F6O3/c1-2-20(10-6-15-24(34,25(27,28)29)26(30,31)32)23-12-4-3-9-21(23)14-13-19-8-5-11-22(18-19)35-17-7-16-33/h3-6,8-12,15,18,33-34H,2,7,13-14,16-17H2,1H3/b15-6+,20-10+. The van der Waals surface area contributed by atoms with E-state index in [4.69, 9.17) is 9.84 Å². The molecule has 0 saturated carbocycles. The maximum atomic E-state index is 12.9. The highest BCUT2D eigenvalue weighted by Gasteiger charge is 2.68.